The zero-order valence-corrected chi connectivity index (χ0v) is 16.0. The average Bonchev–Trinajstić information content (AvgIpc) is 2.61. The van der Waals surface area contributed by atoms with Crippen molar-refractivity contribution in [3.05, 3.63) is 59.2 Å². The maximum Gasteiger partial charge on any atom is 0.279 e. The van der Waals surface area contributed by atoms with Crippen LogP contribution in [0.4, 0.5) is 14.5 Å². The number of aryl methyl sites for hydroxylation is 1. The van der Waals surface area contributed by atoms with Gasteiger partial charge >= 0.3 is 0 Å². The molecular formula is C18H22F2N3O3S+. The van der Waals surface area contributed by atoms with E-state index < -0.39 is 27.7 Å². The summed E-state index contributed by atoms with van der Waals surface area (Å²) in [6.45, 7) is 3.34. The molecule has 0 aliphatic carbocycles. The number of quaternary nitrogens is 1. The van der Waals surface area contributed by atoms with Crippen molar-refractivity contribution >= 4 is 21.6 Å². The maximum atomic E-state index is 13.8. The Labute approximate surface area is 157 Å². The van der Waals surface area contributed by atoms with Crippen LogP contribution in [0.3, 0.4) is 0 Å². The Morgan fingerprint density at radius 1 is 1.19 bits per heavy atom. The number of nitrogens with two attached hydrogens (primary N) is 1. The Kier molecular flexibility index (Phi) is 6.63. The predicted octanol–water partition coefficient (Wildman–Crippen LogP) is 1.44. The van der Waals surface area contributed by atoms with Gasteiger partial charge in [-0.25, -0.2) is 21.9 Å². The Morgan fingerprint density at radius 2 is 1.89 bits per heavy atom. The van der Waals surface area contributed by atoms with Crippen LogP contribution in [0.15, 0.2) is 41.3 Å². The summed E-state index contributed by atoms with van der Waals surface area (Å²) in [5.41, 5.74) is 1.18. The summed E-state index contributed by atoms with van der Waals surface area (Å²) in [7, 11) is -2.33. The van der Waals surface area contributed by atoms with Gasteiger partial charge in [-0.05, 0) is 50.7 Å². The van der Waals surface area contributed by atoms with Gasteiger partial charge in [0.1, 0.15) is 17.7 Å². The summed E-state index contributed by atoms with van der Waals surface area (Å²) < 4.78 is 53.0. The first-order valence-corrected chi connectivity index (χ1v) is 9.74. The maximum absolute atomic E-state index is 13.8. The lowest BCUT2D eigenvalue weighted by atomic mass is 10.1. The molecule has 0 saturated heterocycles. The highest BCUT2D eigenvalue weighted by molar-refractivity contribution is 7.89. The van der Waals surface area contributed by atoms with Crippen molar-refractivity contribution in [2.24, 2.45) is 0 Å². The molecular weight excluding hydrogens is 376 g/mol. The van der Waals surface area contributed by atoms with E-state index in [0.717, 1.165) is 6.07 Å². The van der Waals surface area contributed by atoms with Gasteiger partial charge < -0.3 is 10.6 Å². The van der Waals surface area contributed by atoms with E-state index in [-0.39, 0.29) is 17.3 Å². The quantitative estimate of drug-likeness (QED) is 0.659. The van der Waals surface area contributed by atoms with Gasteiger partial charge in [-0.3, -0.25) is 4.79 Å². The number of carbonyl (C=O) groups is 1. The summed E-state index contributed by atoms with van der Waals surface area (Å²) in [6.07, 6.45) is 0. The molecule has 146 valence electrons. The topological polar surface area (TPSA) is 91.9 Å². The van der Waals surface area contributed by atoms with Crippen LogP contribution in [0.25, 0.3) is 0 Å². The van der Waals surface area contributed by atoms with Crippen LogP contribution in [0, 0.1) is 18.6 Å². The average molecular weight is 398 g/mol. The molecule has 0 bridgehead atoms. The van der Waals surface area contributed by atoms with E-state index in [0.29, 0.717) is 16.8 Å². The zero-order valence-electron chi connectivity index (χ0n) is 15.2. The smallest absolute Gasteiger partial charge is 0.279 e. The first kappa shape index (κ1) is 20.9. The van der Waals surface area contributed by atoms with Crippen molar-refractivity contribution in [1.82, 2.24) is 4.72 Å². The Hall–Kier alpha value is -2.36. The first-order chi connectivity index (χ1) is 12.6. The summed E-state index contributed by atoms with van der Waals surface area (Å²) in [5, 5.41) is 4.22. The molecule has 0 saturated carbocycles. The fourth-order valence-electron chi connectivity index (χ4n) is 2.57. The van der Waals surface area contributed by atoms with Crippen molar-refractivity contribution in [3.63, 3.8) is 0 Å². The highest BCUT2D eigenvalue weighted by Crippen LogP contribution is 2.20. The molecule has 0 aliphatic heterocycles. The van der Waals surface area contributed by atoms with E-state index in [2.05, 4.69) is 10.0 Å². The second-order valence-electron chi connectivity index (χ2n) is 6.13. The van der Waals surface area contributed by atoms with Crippen molar-refractivity contribution < 1.29 is 27.3 Å². The van der Waals surface area contributed by atoms with Gasteiger partial charge in [-0.2, -0.15) is 0 Å². The van der Waals surface area contributed by atoms with Crippen LogP contribution < -0.4 is 15.4 Å². The highest BCUT2D eigenvalue weighted by atomic mass is 32.2. The number of benzene rings is 2. The fraction of sp³-hybridized carbons (Fsp3) is 0.278. The number of nitrogens with one attached hydrogen (secondary N) is 2. The fourth-order valence-corrected chi connectivity index (χ4v) is 3.56. The molecule has 2 aromatic carbocycles. The third-order valence-electron chi connectivity index (χ3n) is 4.14. The minimum atomic E-state index is -3.64. The van der Waals surface area contributed by atoms with Crippen molar-refractivity contribution in [2.75, 3.05) is 18.9 Å². The van der Waals surface area contributed by atoms with E-state index in [9.17, 15) is 22.0 Å². The number of hydrogen-bond donors (Lipinski definition) is 3. The minimum Gasteiger partial charge on any atom is -0.332 e. The van der Waals surface area contributed by atoms with Crippen LogP contribution in [-0.2, 0) is 14.8 Å². The van der Waals surface area contributed by atoms with Crippen LogP contribution in [-0.4, -0.2) is 27.9 Å². The molecule has 1 amide bonds. The van der Waals surface area contributed by atoms with E-state index in [4.69, 9.17) is 0 Å². The molecule has 0 fully saturated rings. The molecule has 4 N–H and O–H groups in total. The van der Waals surface area contributed by atoms with Crippen molar-refractivity contribution in [1.29, 1.82) is 0 Å². The second kappa shape index (κ2) is 8.55. The Balaban J connectivity index is 2.03. The molecule has 0 heterocycles. The number of halogens is 2. The molecule has 6 nitrogen and oxygen atoms in total. The number of amides is 1. The van der Waals surface area contributed by atoms with E-state index >= 15 is 0 Å². The third kappa shape index (κ3) is 5.31. The minimum absolute atomic E-state index is 0.0139. The van der Waals surface area contributed by atoms with Crippen LogP contribution in [0.5, 0.6) is 0 Å². The van der Waals surface area contributed by atoms with Gasteiger partial charge in [-0.15, -0.1) is 0 Å². The number of sulfonamides is 1. The van der Waals surface area contributed by atoms with Crippen molar-refractivity contribution in [3.8, 4) is 0 Å². The lowest BCUT2D eigenvalue weighted by molar-refractivity contribution is -0.682. The molecule has 0 unspecified atom stereocenters. The largest absolute Gasteiger partial charge is 0.332 e. The number of anilines is 1. The standard InChI is InChI=1S/C18H21F2N3O3S/c1-11-4-6-14(9-17(11)27(25,26)21-3)23-18(24)10-22-12(2)15-7-5-13(19)8-16(15)20/h4-9,12,21-22H,10H2,1-3H3,(H,23,24)/p+1/t12-/m0/s1. The van der Waals surface area contributed by atoms with Gasteiger partial charge in [0.2, 0.25) is 10.0 Å². The van der Waals surface area contributed by atoms with Crippen LogP contribution >= 0.6 is 0 Å². The summed E-state index contributed by atoms with van der Waals surface area (Å²) >= 11 is 0. The number of carbonyl (C=O) groups excluding carboxylic acids is 1. The Morgan fingerprint density at radius 3 is 2.52 bits per heavy atom. The second-order valence-corrected chi connectivity index (χ2v) is 7.99. The van der Waals surface area contributed by atoms with Gasteiger partial charge in [0.15, 0.2) is 6.54 Å². The SMILES string of the molecule is CNS(=O)(=O)c1cc(NC(=O)C[NH2+][C@@H](C)c2ccc(F)cc2F)ccc1C. The van der Waals surface area contributed by atoms with E-state index in [1.54, 1.807) is 31.3 Å². The molecule has 2 aromatic rings. The van der Waals surface area contributed by atoms with Crippen LogP contribution in [0.1, 0.15) is 24.1 Å². The normalized spacial score (nSPS) is 12.6. The van der Waals surface area contributed by atoms with E-state index in [1.165, 1.54) is 25.2 Å². The molecule has 2 rings (SSSR count). The molecule has 0 aliphatic rings. The highest BCUT2D eigenvalue weighted by Gasteiger charge is 2.18. The van der Waals surface area contributed by atoms with Crippen molar-refractivity contribution in [2.45, 2.75) is 24.8 Å². The lowest BCUT2D eigenvalue weighted by Crippen LogP contribution is -2.86. The molecule has 1 atom stereocenters. The molecule has 27 heavy (non-hydrogen) atoms. The van der Waals surface area contributed by atoms with Gasteiger partial charge in [0.05, 0.1) is 4.90 Å². The van der Waals surface area contributed by atoms with Gasteiger partial charge in [-0.1, -0.05) is 6.07 Å². The molecule has 9 heteroatoms. The predicted molar refractivity (Wildman–Crippen MR) is 97.6 cm³/mol. The lowest BCUT2D eigenvalue weighted by Gasteiger charge is -2.13. The first-order valence-electron chi connectivity index (χ1n) is 8.26. The monoisotopic (exact) mass is 398 g/mol. The molecule has 0 radical (unpaired) electrons. The van der Waals surface area contributed by atoms with E-state index in [1.807, 2.05) is 0 Å². The summed E-state index contributed by atoms with van der Waals surface area (Å²) in [5.74, 6) is -1.70. The van der Waals surface area contributed by atoms with Gasteiger partial charge in [0, 0.05) is 17.3 Å². The summed E-state index contributed by atoms with van der Waals surface area (Å²) in [6, 6.07) is 7.50. The Bertz CT molecular complexity index is 949. The number of hydrogen-bond acceptors (Lipinski definition) is 3. The molecule has 0 aromatic heterocycles. The van der Waals surface area contributed by atoms with Crippen LogP contribution in [0.2, 0.25) is 0 Å². The molecule has 0 spiro atoms. The number of rotatable bonds is 7. The third-order valence-corrected chi connectivity index (χ3v) is 5.70. The summed E-state index contributed by atoms with van der Waals surface area (Å²) in [4.78, 5) is 12.2. The zero-order chi connectivity index (χ0) is 20.2. The van der Waals surface area contributed by atoms with Gasteiger partial charge in [0.25, 0.3) is 5.91 Å².